The van der Waals surface area contributed by atoms with Crippen LogP contribution in [0, 0.1) is 0 Å². The van der Waals surface area contributed by atoms with Crippen LogP contribution < -0.4 is 4.74 Å². The zero-order valence-corrected chi connectivity index (χ0v) is 20.5. The summed E-state index contributed by atoms with van der Waals surface area (Å²) in [4.78, 5) is 30.1. The molecule has 1 aromatic heterocycles. The molecule has 2 heterocycles. The SMILES string of the molecule is CCCCN(CCCC)CCCN1C(=O)C(=O)/C(=C(\O)c2ccc(OC)cc2)C1c1ccco1. The van der Waals surface area contributed by atoms with Crippen molar-refractivity contribution < 1.29 is 23.8 Å². The summed E-state index contributed by atoms with van der Waals surface area (Å²) in [7, 11) is 1.56. The molecule has 1 aromatic carbocycles. The molecule has 1 aliphatic rings. The zero-order valence-electron chi connectivity index (χ0n) is 20.5. The molecule has 0 bridgehead atoms. The lowest BCUT2D eigenvalue weighted by Crippen LogP contribution is -2.34. The number of Topliss-reactive ketones (excluding diaryl/α,β-unsaturated/α-hetero) is 1. The Bertz CT molecular complexity index is 957. The third-order valence-electron chi connectivity index (χ3n) is 6.25. The molecule has 3 rings (SSSR count). The Morgan fingerprint density at radius 2 is 1.68 bits per heavy atom. The fraction of sp³-hybridized carbons (Fsp3) is 0.481. The van der Waals surface area contributed by atoms with Crippen LogP contribution in [0.25, 0.3) is 5.76 Å². The molecule has 1 fully saturated rings. The van der Waals surface area contributed by atoms with Crippen molar-refractivity contribution in [1.82, 2.24) is 9.80 Å². The molecule has 1 N–H and O–H groups in total. The smallest absolute Gasteiger partial charge is 0.295 e. The van der Waals surface area contributed by atoms with Crippen LogP contribution in [0.5, 0.6) is 5.75 Å². The molecule has 2 aromatic rings. The second-order valence-electron chi connectivity index (χ2n) is 8.64. The topological polar surface area (TPSA) is 83.2 Å². The maximum atomic E-state index is 13.1. The zero-order chi connectivity index (χ0) is 24.5. The summed E-state index contributed by atoms with van der Waals surface area (Å²) in [5.41, 5.74) is 0.500. The lowest BCUT2D eigenvalue weighted by molar-refractivity contribution is -0.140. The monoisotopic (exact) mass is 468 g/mol. The first-order chi connectivity index (χ1) is 16.5. The Balaban J connectivity index is 1.84. The Kier molecular flexibility index (Phi) is 9.33. The number of likely N-dealkylation sites (tertiary alicyclic amines) is 1. The molecule has 1 unspecified atom stereocenters. The third-order valence-corrected chi connectivity index (χ3v) is 6.25. The highest BCUT2D eigenvalue weighted by molar-refractivity contribution is 6.46. The number of carbonyl (C=O) groups excluding carboxylic acids is 2. The number of benzene rings is 1. The Morgan fingerprint density at radius 3 is 2.24 bits per heavy atom. The quantitative estimate of drug-likeness (QED) is 0.253. The largest absolute Gasteiger partial charge is 0.507 e. The van der Waals surface area contributed by atoms with E-state index in [1.165, 1.54) is 11.2 Å². The van der Waals surface area contributed by atoms with Gasteiger partial charge in [-0.25, -0.2) is 0 Å². The Morgan fingerprint density at radius 1 is 1.03 bits per heavy atom. The molecule has 184 valence electrons. The number of unbranched alkanes of at least 4 members (excludes halogenated alkanes) is 2. The van der Waals surface area contributed by atoms with Gasteiger partial charge in [0.05, 0.1) is 18.9 Å². The molecule has 1 saturated heterocycles. The minimum Gasteiger partial charge on any atom is -0.507 e. The molecule has 1 amide bonds. The van der Waals surface area contributed by atoms with Crippen molar-refractivity contribution >= 4 is 17.4 Å². The van der Waals surface area contributed by atoms with Crippen LogP contribution in [-0.4, -0.2) is 59.9 Å². The highest BCUT2D eigenvalue weighted by Gasteiger charge is 2.47. The van der Waals surface area contributed by atoms with Gasteiger partial charge in [0, 0.05) is 12.1 Å². The van der Waals surface area contributed by atoms with Gasteiger partial charge in [-0.15, -0.1) is 0 Å². The number of carbonyl (C=O) groups is 2. The van der Waals surface area contributed by atoms with Gasteiger partial charge in [0.1, 0.15) is 23.3 Å². The van der Waals surface area contributed by atoms with E-state index in [1.807, 2.05) is 0 Å². The van der Waals surface area contributed by atoms with Gasteiger partial charge in [0.15, 0.2) is 0 Å². The second-order valence-corrected chi connectivity index (χ2v) is 8.64. The van der Waals surface area contributed by atoms with E-state index in [4.69, 9.17) is 9.15 Å². The van der Waals surface area contributed by atoms with Gasteiger partial charge in [-0.3, -0.25) is 9.59 Å². The van der Waals surface area contributed by atoms with Gasteiger partial charge in [-0.05, 0) is 75.3 Å². The number of aliphatic hydroxyl groups is 1. The van der Waals surface area contributed by atoms with Gasteiger partial charge < -0.3 is 24.1 Å². The van der Waals surface area contributed by atoms with Crippen LogP contribution in [0.15, 0.2) is 52.7 Å². The van der Waals surface area contributed by atoms with Crippen LogP contribution in [0.1, 0.15) is 63.3 Å². The van der Waals surface area contributed by atoms with Crippen molar-refractivity contribution in [3.05, 3.63) is 59.6 Å². The van der Waals surface area contributed by atoms with Crippen molar-refractivity contribution in [2.45, 2.75) is 52.0 Å². The van der Waals surface area contributed by atoms with Crippen LogP contribution in [0.2, 0.25) is 0 Å². The predicted octanol–water partition coefficient (Wildman–Crippen LogP) is 5.00. The summed E-state index contributed by atoms with van der Waals surface area (Å²) in [6, 6.07) is 9.44. The number of aliphatic hydroxyl groups excluding tert-OH is 1. The number of hydrogen-bond donors (Lipinski definition) is 1. The number of nitrogens with zero attached hydrogens (tertiary/aromatic N) is 2. The Labute approximate surface area is 202 Å². The predicted molar refractivity (Wildman–Crippen MR) is 132 cm³/mol. The van der Waals surface area contributed by atoms with Crippen LogP contribution in [-0.2, 0) is 9.59 Å². The average Bonchev–Trinajstić information content (AvgIpc) is 3.47. The van der Waals surface area contributed by atoms with E-state index in [0.29, 0.717) is 23.6 Å². The molecule has 1 aliphatic heterocycles. The molecule has 0 spiro atoms. The van der Waals surface area contributed by atoms with Gasteiger partial charge in [0.25, 0.3) is 11.7 Å². The molecular formula is C27H36N2O5. The molecule has 7 nitrogen and oxygen atoms in total. The van der Waals surface area contributed by atoms with E-state index in [-0.39, 0.29) is 11.3 Å². The molecule has 0 radical (unpaired) electrons. The standard InChI is InChI=1S/C27H36N2O5/c1-4-6-15-28(16-7-5-2)17-9-18-29-24(22-10-8-19-34-22)23(26(31)27(29)32)25(30)20-11-13-21(33-3)14-12-20/h8,10-14,19,24,30H,4-7,9,15-18H2,1-3H3/b25-23-. The summed E-state index contributed by atoms with van der Waals surface area (Å²) in [5.74, 6) is -0.413. The van der Waals surface area contributed by atoms with Crippen molar-refractivity contribution in [3.8, 4) is 5.75 Å². The number of rotatable bonds is 13. The molecule has 0 saturated carbocycles. The van der Waals surface area contributed by atoms with Gasteiger partial charge in [0.2, 0.25) is 0 Å². The normalized spacial score (nSPS) is 17.6. The molecule has 7 heteroatoms. The van der Waals surface area contributed by atoms with Crippen LogP contribution in [0.4, 0.5) is 0 Å². The number of ketones is 1. The van der Waals surface area contributed by atoms with Gasteiger partial charge in [-0.2, -0.15) is 0 Å². The van der Waals surface area contributed by atoms with E-state index in [0.717, 1.165) is 51.7 Å². The highest BCUT2D eigenvalue weighted by Crippen LogP contribution is 2.39. The number of furan rings is 1. The molecule has 1 atom stereocenters. The fourth-order valence-electron chi connectivity index (χ4n) is 4.32. The van der Waals surface area contributed by atoms with Crippen molar-refractivity contribution in [1.29, 1.82) is 0 Å². The maximum Gasteiger partial charge on any atom is 0.295 e. The van der Waals surface area contributed by atoms with Crippen molar-refractivity contribution in [3.63, 3.8) is 0 Å². The van der Waals surface area contributed by atoms with Crippen molar-refractivity contribution in [2.24, 2.45) is 0 Å². The lowest BCUT2D eigenvalue weighted by atomic mass is 9.99. The molecular weight excluding hydrogens is 432 g/mol. The number of amides is 1. The Hall–Kier alpha value is -3.06. The van der Waals surface area contributed by atoms with Crippen molar-refractivity contribution in [2.75, 3.05) is 33.3 Å². The van der Waals surface area contributed by atoms with E-state index in [1.54, 1.807) is 43.5 Å². The van der Waals surface area contributed by atoms with Crippen LogP contribution in [0.3, 0.4) is 0 Å². The number of methoxy groups -OCH3 is 1. The minimum absolute atomic E-state index is 0.0546. The first-order valence-corrected chi connectivity index (χ1v) is 12.2. The number of ether oxygens (including phenoxy) is 1. The van der Waals surface area contributed by atoms with E-state index < -0.39 is 17.7 Å². The first-order valence-electron chi connectivity index (χ1n) is 12.2. The number of hydrogen-bond acceptors (Lipinski definition) is 6. The maximum absolute atomic E-state index is 13.1. The summed E-state index contributed by atoms with van der Waals surface area (Å²) in [5, 5.41) is 11.1. The lowest BCUT2D eigenvalue weighted by Gasteiger charge is -2.26. The fourth-order valence-corrected chi connectivity index (χ4v) is 4.32. The summed E-state index contributed by atoms with van der Waals surface area (Å²) >= 11 is 0. The van der Waals surface area contributed by atoms with Gasteiger partial charge in [-0.1, -0.05) is 26.7 Å². The third kappa shape index (κ3) is 5.89. The summed E-state index contributed by atoms with van der Waals surface area (Å²) in [6.45, 7) is 7.70. The van der Waals surface area contributed by atoms with Crippen LogP contribution >= 0.6 is 0 Å². The average molecular weight is 469 g/mol. The minimum atomic E-state index is -0.753. The van der Waals surface area contributed by atoms with Gasteiger partial charge >= 0.3 is 0 Å². The first kappa shape index (κ1) is 25.6. The van der Waals surface area contributed by atoms with E-state index in [2.05, 4.69) is 18.7 Å². The molecule has 34 heavy (non-hydrogen) atoms. The molecule has 0 aliphatic carbocycles. The highest BCUT2D eigenvalue weighted by atomic mass is 16.5. The van der Waals surface area contributed by atoms with E-state index in [9.17, 15) is 14.7 Å². The second kappa shape index (κ2) is 12.4. The summed E-state index contributed by atoms with van der Waals surface area (Å²) in [6.07, 6.45) is 6.81. The van der Waals surface area contributed by atoms with E-state index >= 15 is 0 Å². The summed E-state index contributed by atoms with van der Waals surface area (Å²) < 4.78 is 10.8.